The number of aromatic nitrogens is 2. The van der Waals surface area contributed by atoms with Gasteiger partial charge in [0, 0.05) is 25.2 Å². The fourth-order valence-electron chi connectivity index (χ4n) is 3.60. The number of hydrogen-bond acceptors (Lipinski definition) is 6. The van der Waals surface area contributed by atoms with Crippen molar-refractivity contribution < 1.29 is 22.1 Å². The van der Waals surface area contributed by atoms with Crippen molar-refractivity contribution in [2.75, 3.05) is 19.6 Å². The highest BCUT2D eigenvalue weighted by Gasteiger charge is 2.36. The molecule has 1 fully saturated rings. The standard InChI is InChI=1S/C21H21FN4O4S/c1-15-23-20(30-24-15)19-11-12-25(31(28,29)18-9-7-17(22)8-10-18)13-14-26(19)21(27)16-5-3-2-4-6-16/h2-10,19H,11-14H2,1H3. The highest BCUT2D eigenvalue weighted by Crippen LogP contribution is 2.29. The van der Waals surface area contributed by atoms with E-state index < -0.39 is 21.9 Å². The molecule has 31 heavy (non-hydrogen) atoms. The molecule has 162 valence electrons. The Balaban J connectivity index is 1.65. The van der Waals surface area contributed by atoms with E-state index in [1.54, 1.807) is 36.1 Å². The zero-order valence-electron chi connectivity index (χ0n) is 16.8. The fourth-order valence-corrected chi connectivity index (χ4v) is 5.05. The summed E-state index contributed by atoms with van der Waals surface area (Å²) in [5.41, 5.74) is 0.485. The second kappa shape index (κ2) is 8.56. The summed E-state index contributed by atoms with van der Waals surface area (Å²) in [4.78, 5) is 19.1. The largest absolute Gasteiger partial charge is 0.337 e. The van der Waals surface area contributed by atoms with Crippen LogP contribution in [0.15, 0.2) is 64.0 Å². The predicted octanol–water partition coefficient (Wildman–Crippen LogP) is 2.80. The number of benzene rings is 2. The molecule has 1 saturated heterocycles. The number of carbonyl (C=O) groups is 1. The molecule has 0 N–H and O–H groups in total. The second-order valence-corrected chi connectivity index (χ2v) is 9.14. The van der Waals surface area contributed by atoms with Crippen LogP contribution in [0.4, 0.5) is 4.39 Å². The molecule has 3 aromatic rings. The van der Waals surface area contributed by atoms with Gasteiger partial charge in [0.25, 0.3) is 5.91 Å². The first kappa shape index (κ1) is 21.1. The summed E-state index contributed by atoms with van der Waals surface area (Å²) in [6.45, 7) is 2.05. The van der Waals surface area contributed by atoms with Crippen LogP contribution in [-0.4, -0.2) is 53.3 Å². The van der Waals surface area contributed by atoms with Gasteiger partial charge in [-0.1, -0.05) is 23.4 Å². The van der Waals surface area contributed by atoms with E-state index >= 15 is 0 Å². The van der Waals surface area contributed by atoms with Crippen molar-refractivity contribution >= 4 is 15.9 Å². The summed E-state index contributed by atoms with van der Waals surface area (Å²) >= 11 is 0. The van der Waals surface area contributed by atoms with E-state index in [9.17, 15) is 17.6 Å². The molecule has 0 spiro atoms. The third-order valence-corrected chi connectivity index (χ3v) is 7.09. The van der Waals surface area contributed by atoms with Gasteiger partial charge < -0.3 is 9.42 Å². The summed E-state index contributed by atoms with van der Waals surface area (Å²) in [5, 5.41) is 3.82. The SMILES string of the molecule is Cc1noc(C2CCN(S(=O)(=O)c3ccc(F)cc3)CCN2C(=O)c2ccccc2)n1. The number of nitrogens with zero attached hydrogens (tertiary/aromatic N) is 4. The molecule has 0 bridgehead atoms. The molecule has 1 atom stereocenters. The number of amides is 1. The van der Waals surface area contributed by atoms with Crippen molar-refractivity contribution in [3.63, 3.8) is 0 Å². The van der Waals surface area contributed by atoms with Crippen molar-refractivity contribution in [3.05, 3.63) is 77.7 Å². The minimum Gasteiger partial charge on any atom is -0.337 e. The van der Waals surface area contributed by atoms with Crippen molar-refractivity contribution in [1.29, 1.82) is 0 Å². The maximum Gasteiger partial charge on any atom is 0.254 e. The van der Waals surface area contributed by atoms with Gasteiger partial charge >= 0.3 is 0 Å². The normalized spacial score (nSPS) is 18.0. The van der Waals surface area contributed by atoms with Gasteiger partial charge in [-0.2, -0.15) is 9.29 Å². The zero-order valence-corrected chi connectivity index (χ0v) is 17.6. The van der Waals surface area contributed by atoms with Gasteiger partial charge in [0.05, 0.1) is 4.90 Å². The first-order chi connectivity index (χ1) is 14.9. The summed E-state index contributed by atoms with van der Waals surface area (Å²) in [6, 6.07) is 12.9. The Morgan fingerprint density at radius 3 is 2.42 bits per heavy atom. The fraction of sp³-hybridized carbons (Fsp3) is 0.286. The lowest BCUT2D eigenvalue weighted by Gasteiger charge is -2.27. The van der Waals surface area contributed by atoms with Crippen LogP contribution in [0, 0.1) is 12.7 Å². The number of carbonyl (C=O) groups excluding carboxylic acids is 1. The molecule has 0 radical (unpaired) electrons. The summed E-state index contributed by atoms with van der Waals surface area (Å²) < 4.78 is 46.1. The van der Waals surface area contributed by atoms with Crippen LogP contribution in [0.2, 0.25) is 0 Å². The first-order valence-electron chi connectivity index (χ1n) is 9.78. The van der Waals surface area contributed by atoms with Crippen molar-refractivity contribution in [3.8, 4) is 0 Å². The number of hydrogen-bond donors (Lipinski definition) is 0. The van der Waals surface area contributed by atoms with Crippen LogP contribution in [0.3, 0.4) is 0 Å². The summed E-state index contributed by atoms with van der Waals surface area (Å²) in [7, 11) is -3.85. The van der Waals surface area contributed by atoms with Crippen LogP contribution >= 0.6 is 0 Å². The lowest BCUT2D eigenvalue weighted by Crippen LogP contribution is -2.38. The minimum absolute atomic E-state index is 0.00178. The summed E-state index contributed by atoms with van der Waals surface area (Å²) in [5.74, 6) is -0.0614. The second-order valence-electron chi connectivity index (χ2n) is 7.21. The molecule has 2 heterocycles. The molecule has 1 unspecified atom stereocenters. The molecule has 1 amide bonds. The van der Waals surface area contributed by atoms with E-state index in [-0.39, 0.29) is 42.7 Å². The molecule has 0 aliphatic carbocycles. The molecule has 2 aromatic carbocycles. The van der Waals surface area contributed by atoms with Gasteiger partial charge in [-0.25, -0.2) is 12.8 Å². The zero-order chi connectivity index (χ0) is 22.0. The Labute approximate surface area is 179 Å². The maximum atomic E-state index is 13.2. The highest BCUT2D eigenvalue weighted by atomic mass is 32.2. The van der Waals surface area contributed by atoms with E-state index in [0.717, 1.165) is 12.1 Å². The Morgan fingerprint density at radius 1 is 1.06 bits per heavy atom. The molecule has 4 rings (SSSR count). The minimum atomic E-state index is -3.85. The van der Waals surface area contributed by atoms with Crippen LogP contribution < -0.4 is 0 Å². The van der Waals surface area contributed by atoms with Crippen molar-refractivity contribution in [1.82, 2.24) is 19.3 Å². The van der Waals surface area contributed by atoms with Gasteiger partial charge in [0.2, 0.25) is 15.9 Å². The van der Waals surface area contributed by atoms with Crippen LogP contribution in [0.25, 0.3) is 0 Å². The van der Waals surface area contributed by atoms with E-state index in [1.165, 1.54) is 16.4 Å². The maximum absolute atomic E-state index is 13.2. The molecule has 8 nitrogen and oxygen atoms in total. The lowest BCUT2D eigenvalue weighted by molar-refractivity contribution is 0.0652. The molecular weight excluding hydrogens is 423 g/mol. The van der Waals surface area contributed by atoms with Gasteiger partial charge in [-0.3, -0.25) is 4.79 Å². The van der Waals surface area contributed by atoms with Crippen molar-refractivity contribution in [2.45, 2.75) is 24.3 Å². The van der Waals surface area contributed by atoms with Crippen molar-refractivity contribution in [2.24, 2.45) is 0 Å². The predicted molar refractivity (Wildman–Crippen MR) is 109 cm³/mol. The topological polar surface area (TPSA) is 96.6 Å². The molecule has 1 aromatic heterocycles. The summed E-state index contributed by atoms with van der Waals surface area (Å²) in [6.07, 6.45) is 0.278. The van der Waals surface area contributed by atoms with Crippen LogP contribution in [0.1, 0.15) is 34.5 Å². The Kier molecular flexibility index (Phi) is 5.84. The Morgan fingerprint density at radius 2 is 1.77 bits per heavy atom. The Bertz CT molecular complexity index is 1170. The van der Waals surface area contributed by atoms with E-state index in [0.29, 0.717) is 11.4 Å². The van der Waals surface area contributed by atoms with Gasteiger partial charge in [0.1, 0.15) is 11.9 Å². The average Bonchev–Trinajstić information content (AvgIpc) is 3.07. The number of halogens is 1. The molecule has 1 aliphatic heterocycles. The van der Waals surface area contributed by atoms with Gasteiger partial charge in [-0.05, 0) is 49.7 Å². The van der Waals surface area contributed by atoms with E-state index in [4.69, 9.17) is 4.52 Å². The molecule has 0 saturated carbocycles. The number of aryl methyl sites for hydroxylation is 1. The quantitative estimate of drug-likeness (QED) is 0.614. The monoisotopic (exact) mass is 444 g/mol. The smallest absolute Gasteiger partial charge is 0.254 e. The third kappa shape index (κ3) is 4.35. The van der Waals surface area contributed by atoms with Gasteiger partial charge in [-0.15, -0.1) is 0 Å². The average molecular weight is 444 g/mol. The molecule has 10 heteroatoms. The number of rotatable bonds is 4. The molecule has 1 aliphatic rings. The number of sulfonamides is 1. The Hall–Kier alpha value is -3.11. The van der Waals surface area contributed by atoms with Crippen LogP contribution in [-0.2, 0) is 10.0 Å². The lowest BCUT2D eigenvalue weighted by atomic mass is 10.1. The highest BCUT2D eigenvalue weighted by molar-refractivity contribution is 7.89. The first-order valence-corrected chi connectivity index (χ1v) is 11.2. The van der Waals surface area contributed by atoms with Crippen LogP contribution in [0.5, 0.6) is 0 Å². The van der Waals surface area contributed by atoms with E-state index in [1.807, 2.05) is 6.07 Å². The van der Waals surface area contributed by atoms with E-state index in [2.05, 4.69) is 10.1 Å². The third-order valence-electron chi connectivity index (χ3n) is 5.18. The van der Waals surface area contributed by atoms with Gasteiger partial charge in [0.15, 0.2) is 5.82 Å². The molecular formula is C21H21FN4O4S.